The molecular formula is C22H20FN5O3S2. The molecule has 0 aliphatic heterocycles. The molecule has 8 nitrogen and oxygen atoms in total. The maximum atomic E-state index is 13.3. The molecule has 2 N–H and O–H groups in total. The van der Waals surface area contributed by atoms with Gasteiger partial charge < -0.3 is 5.32 Å². The van der Waals surface area contributed by atoms with Crippen molar-refractivity contribution in [3.05, 3.63) is 83.2 Å². The number of rotatable bonds is 8. The second-order valence-electron chi connectivity index (χ2n) is 7.09. The number of aryl methyl sites for hydroxylation is 1. The van der Waals surface area contributed by atoms with E-state index in [1.807, 2.05) is 24.4 Å². The zero-order valence-electron chi connectivity index (χ0n) is 17.5. The van der Waals surface area contributed by atoms with Gasteiger partial charge in [-0.25, -0.2) is 27.2 Å². The minimum atomic E-state index is -3.68. The number of nitrogens with one attached hydrogen (secondary N) is 2. The molecule has 4 rings (SSSR count). The Labute approximate surface area is 194 Å². The molecule has 0 bridgehead atoms. The monoisotopic (exact) mass is 485 g/mol. The zero-order chi connectivity index (χ0) is 23.4. The second kappa shape index (κ2) is 9.61. The van der Waals surface area contributed by atoms with E-state index in [0.717, 1.165) is 10.4 Å². The number of halogens is 1. The number of benzene rings is 2. The standard InChI is InChI=1S/C22H20FN5O3S2/c1-15-4-10-18(11-5-15)33(30,31)25-13-12-24-22(29)20-26-21(19-3-2-14-32-19)28(27-20)17-8-6-16(23)7-9-17/h2-11,14,25H,12-13H2,1H3,(H,24,29). The lowest BCUT2D eigenvalue weighted by Gasteiger charge is -2.07. The fourth-order valence-electron chi connectivity index (χ4n) is 2.98. The Morgan fingerprint density at radius 3 is 2.45 bits per heavy atom. The third kappa shape index (κ3) is 5.33. The molecule has 0 atom stereocenters. The van der Waals surface area contributed by atoms with Crippen LogP contribution >= 0.6 is 11.3 Å². The van der Waals surface area contributed by atoms with Crippen molar-refractivity contribution in [3.8, 4) is 16.4 Å². The third-order valence-electron chi connectivity index (χ3n) is 4.66. The Bertz CT molecular complexity index is 1350. The molecule has 0 radical (unpaired) electrons. The molecule has 0 aliphatic carbocycles. The summed E-state index contributed by atoms with van der Waals surface area (Å²) in [6, 6.07) is 15.9. The fraction of sp³-hybridized carbons (Fsp3) is 0.136. The summed E-state index contributed by atoms with van der Waals surface area (Å²) in [5.41, 5.74) is 1.51. The van der Waals surface area contributed by atoms with Crippen LogP contribution in [-0.2, 0) is 10.0 Å². The maximum absolute atomic E-state index is 13.3. The molecule has 4 aromatic rings. The second-order valence-corrected chi connectivity index (χ2v) is 9.81. The highest BCUT2D eigenvalue weighted by molar-refractivity contribution is 7.89. The van der Waals surface area contributed by atoms with E-state index in [2.05, 4.69) is 20.1 Å². The van der Waals surface area contributed by atoms with Gasteiger partial charge in [0, 0.05) is 13.1 Å². The average Bonchev–Trinajstić information content (AvgIpc) is 3.47. The number of carbonyl (C=O) groups is 1. The summed E-state index contributed by atoms with van der Waals surface area (Å²) in [7, 11) is -3.68. The lowest BCUT2D eigenvalue weighted by Crippen LogP contribution is -2.35. The van der Waals surface area contributed by atoms with Crippen molar-refractivity contribution < 1.29 is 17.6 Å². The van der Waals surface area contributed by atoms with Gasteiger partial charge in [0.1, 0.15) is 5.82 Å². The first kappa shape index (κ1) is 22.8. The van der Waals surface area contributed by atoms with Gasteiger partial charge in [-0.05, 0) is 54.8 Å². The Morgan fingerprint density at radius 1 is 1.06 bits per heavy atom. The molecule has 2 aromatic carbocycles. The number of hydrogen-bond donors (Lipinski definition) is 2. The predicted octanol–water partition coefficient (Wildman–Crippen LogP) is 3.15. The molecule has 2 heterocycles. The van der Waals surface area contributed by atoms with Crippen molar-refractivity contribution in [2.24, 2.45) is 0 Å². The van der Waals surface area contributed by atoms with Crippen LogP contribution in [0.25, 0.3) is 16.4 Å². The van der Waals surface area contributed by atoms with Gasteiger partial charge in [-0.15, -0.1) is 16.4 Å². The van der Waals surface area contributed by atoms with Crippen LogP contribution in [0.1, 0.15) is 16.2 Å². The SMILES string of the molecule is Cc1ccc(S(=O)(=O)NCCNC(=O)c2nc(-c3cccs3)n(-c3ccc(F)cc3)n2)cc1. The van der Waals surface area contributed by atoms with E-state index >= 15 is 0 Å². The summed E-state index contributed by atoms with van der Waals surface area (Å²) in [6.07, 6.45) is 0. The lowest BCUT2D eigenvalue weighted by atomic mass is 10.2. The van der Waals surface area contributed by atoms with Crippen molar-refractivity contribution in [3.63, 3.8) is 0 Å². The van der Waals surface area contributed by atoms with Gasteiger partial charge in [-0.1, -0.05) is 23.8 Å². The summed E-state index contributed by atoms with van der Waals surface area (Å²) in [5.74, 6) is -0.572. The molecule has 0 saturated heterocycles. The molecule has 0 saturated carbocycles. The Morgan fingerprint density at radius 2 is 1.79 bits per heavy atom. The summed E-state index contributed by atoms with van der Waals surface area (Å²) in [6.45, 7) is 1.91. The first-order valence-electron chi connectivity index (χ1n) is 9.95. The van der Waals surface area contributed by atoms with E-state index in [-0.39, 0.29) is 29.6 Å². The largest absolute Gasteiger partial charge is 0.348 e. The zero-order valence-corrected chi connectivity index (χ0v) is 19.2. The van der Waals surface area contributed by atoms with Gasteiger partial charge in [0.25, 0.3) is 5.91 Å². The fourth-order valence-corrected chi connectivity index (χ4v) is 4.71. The summed E-state index contributed by atoms with van der Waals surface area (Å²) in [4.78, 5) is 17.9. The van der Waals surface area contributed by atoms with E-state index in [0.29, 0.717) is 11.5 Å². The maximum Gasteiger partial charge on any atom is 0.291 e. The normalized spacial score (nSPS) is 11.5. The predicted molar refractivity (Wildman–Crippen MR) is 123 cm³/mol. The Hall–Kier alpha value is -3.41. The smallest absolute Gasteiger partial charge is 0.291 e. The molecule has 0 spiro atoms. The number of sulfonamides is 1. The van der Waals surface area contributed by atoms with E-state index in [4.69, 9.17) is 0 Å². The van der Waals surface area contributed by atoms with E-state index in [1.165, 1.54) is 40.3 Å². The molecule has 0 aliphatic rings. The molecule has 170 valence electrons. The quantitative estimate of drug-likeness (QED) is 0.373. The summed E-state index contributed by atoms with van der Waals surface area (Å²) in [5, 5.41) is 8.78. The number of carbonyl (C=O) groups excluding carboxylic acids is 1. The molecule has 2 aromatic heterocycles. The summed E-state index contributed by atoms with van der Waals surface area (Å²) >= 11 is 1.43. The lowest BCUT2D eigenvalue weighted by molar-refractivity contribution is 0.0944. The first-order valence-corrected chi connectivity index (χ1v) is 12.3. The van der Waals surface area contributed by atoms with Crippen molar-refractivity contribution in [1.29, 1.82) is 0 Å². The topological polar surface area (TPSA) is 106 Å². The minimum Gasteiger partial charge on any atom is -0.348 e. The number of amides is 1. The van der Waals surface area contributed by atoms with Gasteiger partial charge >= 0.3 is 0 Å². The highest BCUT2D eigenvalue weighted by Crippen LogP contribution is 2.25. The third-order valence-corrected chi connectivity index (χ3v) is 7.00. The van der Waals surface area contributed by atoms with Crippen LogP contribution in [0.2, 0.25) is 0 Å². The van der Waals surface area contributed by atoms with Crippen LogP contribution < -0.4 is 10.0 Å². The number of hydrogen-bond acceptors (Lipinski definition) is 6. The van der Waals surface area contributed by atoms with E-state index < -0.39 is 15.9 Å². The molecule has 0 fully saturated rings. The Kier molecular flexibility index (Phi) is 6.63. The van der Waals surface area contributed by atoms with Crippen molar-refractivity contribution in [2.45, 2.75) is 11.8 Å². The van der Waals surface area contributed by atoms with Crippen LogP contribution in [-0.4, -0.2) is 42.2 Å². The minimum absolute atomic E-state index is 0.00159. The van der Waals surface area contributed by atoms with Crippen LogP contribution in [0.4, 0.5) is 4.39 Å². The number of thiophene rings is 1. The van der Waals surface area contributed by atoms with Crippen LogP contribution in [0.15, 0.2) is 70.9 Å². The Balaban J connectivity index is 1.44. The highest BCUT2D eigenvalue weighted by atomic mass is 32.2. The van der Waals surface area contributed by atoms with E-state index in [1.54, 1.807) is 24.3 Å². The molecule has 33 heavy (non-hydrogen) atoms. The van der Waals surface area contributed by atoms with Gasteiger partial charge in [-0.3, -0.25) is 4.79 Å². The van der Waals surface area contributed by atoms with Crippen molar-refractivity contribution in [1.82, 2.24) is 24.8 Å². The van der Waals surface area contributed by atoms with Crippen molar-refractivity contribution in [2.75, 3.05) is 13.1 Å². The van der Waals surface area contributed by atoms with Crippen LogP contribution in [0.3, 0.4) is 0 Å². The highest BCUT2D eigenvalue weighted by Gasteiger charge is 2.20. The molecule has 1 amide bonds. The van der Waals surface area contributed by atoms with Crippen molar-refractivity contribution >= 4 is 27.3 Å². The van der Waals surface area contributed by atoms with Gasteiger partial charge in [0.2, 0.25) is 15.8 Å². The molecule has 11 heteroatoms. The summed E-state index contributed by atoms with van der Waals surface area (Å²) < 4.78 is 41.9. The van der Waals surface area contributed by atoms with E-state index in [9.17, 15) is 17.6 Å². The number of aromatic nitrogens is 3. The molecule has 0 unspecified atom stereocenters. The van der Waals surface area contributed by atoms with Gasteiger partial charge in [0.05, 0.1) is 15.5 Å². The average molecular weight is 486 g/mol. The van der Waals surface area contributed by atoms with Crippen LogP contribution in [0.5, 0.6) is 0 Å². The van der Waals surface area contributed by atoms with Crippen LogP contribution in [0, 0.1) is 12.7 Å². The first-order chi connectivity index (χ1) is 15.8. The molecular weight excluding hydrogens is 465 g/mol. The number of nitrogens with zero attached hydrogens (tertiary/aromatic N) is 3. The van der Waals surface area contributed by atoms with Gasteiger partial charge in [0.15, 0.2) is 5.82 Å². The van der Waals surface area contributed by atoms with Gasteiger partial charge in [-0.2, -0.15) is 0 Å².